The zero-order valence-corrected chi connectivity index (χ0v) is 14.4. The summed E-state index contributed by atoms with van der Waals surface area (Å²) in [5.74, 6) is -0.431. The van der Waals surface area contributed by atoms with E-state index < -0.39 is 0 Å². The molecular formula is C19H20FN3O2. The predicted octanol–water partition coefficient (Wildman–Crippen LogP) is 3.23. The van der Waals surface area contributed by atoms with E-state index in [1.807, 2.05) is 13.8 Å². The van der Waals surface area contributed by atoms with Crippen molar-refractivity contribution in [2.24, 2.45) is 7.05 Å². The number of nitrogens with one attached hydrogen (secondary N) is 1. The van der Waals surface area contributed by atoms with Gasteiger partial charge in [-0.25, -0.2) is 9.18 Å². The number of H-pyrrole nitrogens is 1. The predicted molar refractivity (Wildman–Crippen MR) is 95.1 cm³/mol. The molecule has 0 aliphatic heterocycles. The topological polar surface area (TPSA) is 58.1 Å². The van der Waals surface area contributed by atoms with Gasteiger partial charge in [0.2, 0.25) is 0 Å². The van der Waals surface area contributed by atoms with Crippen molar-refractivity contribution in [1.82, 2.24) is 14.5 Å². The van der Waals surface area contributed by atoms with Crippen molar-refractivity contribution >= 4 is 16.9 Å². The fourth-order valence-corrected chi connectivity index (χ4v) is 3.04. The van der Waals surface area contributed by atoms with E-state index in [1.54, 1.807) is 42.3 Å². The van der Waals surface area contributed by atoms with Gasteiger partial charge in [0.25, 0.3) is 5.91 Å². The average Bonchev–Trinajstić information content (AvgIpc) is 2.90. The highest BCUT2D eigenvalue weighted by Crippen LogP contribution is 2.23. The molecule has 0 fully saturated rings. The van der Waals surface area contributed by atoms with E-state index in [2.05, 4.69) is 4.98 Å². The van der Waals surface area contributed by atoms with Crippen LogP contribution < -0.4 is 5.69 Å². The molecule has 1 amide bonds. The third-order valence-corrected chi connectivity index (χ3v) is 4.57. The lowest BCUT2D eigenvalue weighted by Crippen LogP contribution is -2.33. The molecule has 0 saturated heterocycles. The van der Waals surface area contributed by atoms with Gasteiger partial charge in [0.1, 0.15) is 5.82 Å². The monoisotopic (exact) mass is 341 g/mol. The molecule has 0 bridgehead atoms. The Balaban J connectivity index is 1.95. The summed E-state index contributed by atoms with van der Waals surface area (Å²) in [6.07, 6.45) is 0. The first-order valence-electron chi connectivity index (χ1n) is 8.17. The second kappa shape index (κ2) is 6.55. The Morgan fingerprint density at radius 3 is 2.56 bits per heavy atom. The van der Waals surface area contributed by atoms with E-state index in [0.29, 0.717) is 23.1 Å². The number of fused-ring (bicyclic) bond motifs is 1. The van der Waals surface area contributed by atoms with Crippen LogP contribution in [0, 0.1) is 5.82 Å². The van der Waals surface area contributed by atoms with Crippen LogP contribution in [0.25, 0.3) is 11.0 Å². The lowest BCUT2D eigenvalue weighted by Gasteiger charge is -2.28. The molecule has 1 atom stereocenters. The van der Waals surface area contributed by atoms with Crippen molar-refractivity contribution in [2.45, 2.75) is 19.9 Å². The molecule has 0 radical (unpaired) electrons. The molecule has 6 heteroatoms. The minimum absolute atomic E-state index is 0.130. The first-order valence-corrected chi connectivity index (χ1v) is 8.17. The molecule has 1 N–H and O–H groups in total. The standard InChI is InChI=1S/C19H20FN3O2/c1-4-23(12(2)13-5-8-15(20)9-6-13)18(24)14-7-10-16-17(11-14)22(3)19(25)21-16/h5-12H,4H2,1-3H3,(H,21,25). The number of carbonyl (C=O) groups is 1. The van der Waals surface area contributed by atoms with E-state index in [1.165, 1.54) is 16.7 Å². The highest BCUT2D eigenvalue weighted by Gasteiger charge is 2.22. The number of rotatable bonds is 4. The Bertz CT molecular complexity index is 972. The van der Waals surface area contributed by atoms with Crippen LogP contribution in [0.15, 0.2) is 47.3 Å². The summed E-state index contributed by atoms with van der Waals surface area (Å²) in [5, 5.41) is 0. The summed E-state index contributed by atoms with van der Waals surface area (Å²) < 4.78 is 14.6. The van der Waals surface area contributed by atoms with Gasteiger partial charge in [-0.15, -0.1) is 0 Å². The zero-order chi connectivity index (χ0) is 18.1. The largest absolute Gasteiger partial charge is 0.332 e. The molecule has 3 rings (SSSR count). The maximum atomic E-state index is 13.1. The van der Waals surface area contributed by atoms with Crippen molar-refractivity contribution < 1.29 is 9.18 Å². The summed E-state index contributed by atoms with van der Waals surface area (Å²) >= 11 is 0. The third kappa shape index (κ3) is 3.07. The first kappa shape index (κ1) is 17.0. The Hall–Kier alpha value is -2.89. The van der Waals surface area contributed by atoms with Crippen molar-refractivity contribution in [1.29, 1.82) is 0 Å². The number of amides is 1. The van der Waals surface area contributed by atoms with Gasteiger partial charge in [-0.1, -0.05) is 12.1 Å². The number of nitrogens with zero attached hydrogens (tertiary/aromatic N) is 2. The Morgan fingerprint density at radius 2 is 1.92 bits per heavy atom. The summed E-state index contributed by atoms with van der Waals surface area (Å²) in [6, 6.07) is 11.1. The van der Waals surface area contributed by atoms with E-state index >= 15 is 0 Å². The van der Waals surface area contributed by atoms with Crippen LogP contribution in [0.2, 0.25) is 0 Å². The second-order valence-corrected chi connectivity index (χ2v) is 6.04. The van der Waals surface area contributed by atoms with Gasteiger partial charge in [0.15, 0.2) is 0 Å². The lowest BCUT2D eigenvalue weighted by molar-refractivity contribution is 0.0702. The molecule has 0 spiro atoms. The molecule has 130 valence electrons. The van der Waals surface area contributed by atoms with E-state index in [0.717, 1.165) is 5.56 Å². The van der Waals surface area contributed by atoms with Crippen LogP contribution >= 0.6 is 0 Å². The second-order valence-electron chi connectivity index (χ2n) is 6.04. The number of aromatic nitrogens is 2. The number of aryl methyl sites for hydroxylation is 1. The lowest BCUT2D eigenvalue weighted by atomic mass is 10.1. The minimum Gasteiger partial charge on any atom is -0.332 e. The summed E-state index contributed by atoms with van der Waals surface area (Å²) in [6.45, 7) is 4.34. The van der Waals surface area contributed by atoms with Gasteiger partial charge >= 0.3 is 5.69 Å². The van der Waals surface area contributed by atoms with Crippen LogP contribution in [0.3, 0.4) is 0 Å². The number of carbonyl (C=O) groups excluding carboxylic acids is 1. The fraction of sp³-hybridized carbons (Fsp3) is 0.263. The molecule has 3 aromatic rings. The van der Waals surface area contributed by atoms with Crippen LogP contribution in [0.5, 0.6) is 0 Å². The Labute approximate surface area is 144 Å². The smallest absolute Gasteiger partial charge is 0.326 e. The SMILES string of the molecule is CCN(C(=O)c1ccc2[nH]c(=O)n(C)c2c1)C(C)c1ccc(F)cc1. The minimum atomic E-state index is -0.302. The molecule has 0 saturated carbocycles. The van der Waals surface area contributed by atoms with Crippen molar-refractivity contribution in [3.63, 3.8) is 0 Å². The maximum Gasteiger partial charge on any atom is 0.326 e. The highest BCUT2D eigenvalue weighted by molar-refractivity contribution is 5.97. The molecule has 2 aromatic carbocycles. The maximum absolute atomic E-state index is 13.1. The third-order valence-electron chi connectivity index (χ3n) is 4.57. The molecular weight excluding hydrogens is 321 g/mol. The number of imidazole rings is 1. The Kier molecular flexibility index (Phi) is 4.44. The number of hydrogen-bond donors (Lipinski definition) is 1. The van der Waals surface area contributed by atoms with E-state index in [-0.39, 0.29) is 23.5 Å². The number of hydrogen-bond acceptors (Lipinski definition) is 2. The van der Waals surface area contributed by atoms with Gasteiger partial charge in [0, 0.05) is 19.2 Å². The van der Waals surface area contributed by atoms with Gasteiger partial charge in [-0.2, -0.15) is 0 Å². The van der Waals surface area contributed by atoms with Gasteiger partial charge < -0.3 is 9.88 Å². The number of benzene rings is 2. The molecule has 5 nitrogen and oxygen atoms in total. The van der Waals surface area contributed by atoms with Gasteiger partial charge in [0.05, 0.1) is 17.1 Å². The zero-order valence-electron chi connectivity index (χ0n) is 14.4. The number of halogens is 1. The number of aromatic amines is 1. The van der Waals surface area contributed by atoms with Crippen LogP contribution in [0.1, 0.15) is 35.8 Å². The van der Waals surface area contributed by atoms with Gasteiger partial charge in [-0.3, -0.25) is 9.36 Å². The van der Waals surface area contributed by atoms with E-state index in [9.17, 15) is 14.0 Å². The average molecular weight is 341 g/mol. The van der Waals surface area contributed by atoms with Crippen LogP contribution in [0.4, 0.5) is 4.39 Å². The quantitative estimate of drug-likeness (QED) is 0.792. The van der Waals surface area contributed by atoms with Gasteiger partial charge in [-0.05, 0) is 49.7 Å². The van der Waals surface area contributed by atoms with Crippen LogP contribution in [-0.4, -0.2) is 26.9 Å². The molecule has 1 aromatic heterocycles. The van der Waals surface area contributed by atoms with Crippen LogP contribution in [-0.2, 0) is 7.05 Å². The molecule has 0 aliphatic carbocycles. The van der Waals surface area contributed by atoms with Crippen molar-refractivity contribution in [3.8, 4) is 0 Å². The van der Waals surface area contributed by atoms with Crippen molar-refractivity contribution in [2.75, 3.05) is 6.54 Å². The normalized spacial score (nSPS) is 12.3. The highest BCUT2D eigenvalue weighted by atomic mass is 19.1. The Morgan fingerprint density at radius 1 is 1.24 bits per heavy atom. The fourth-order valence-electron chi connectivity index (χ4n) is 3.04. The molecule has 0 aliphatic rings. The summed E-state index contributed by atoms with van der Waals surface area (Å²) in [4.78, 5) is 29.1. The summed E-state index contributed by atoms with van der Waals surface area (Å²) in [5.41, 5.74) is 2.54. The van der Waals surface area contributed by atoms with E-state index in [4.69, 9.17) is 0 Å². The first-order chi connectivity index (χ1) is 11.9. The summed E-state index contributed by atoms with van der Waals surface area (Å²) in [7, 11) is 1.66. The molecule has 25 heavy (non-hydrogen) atoms. The molecule has 1 heterocycles. The van der Waals surface area contributed by atoms with Crippen molar-refractivity contribution in [3.05, 3.63) is 69.9 Å². The molecule has 1 unspecified atom stereocenters.